The molecule has 0 radical (unpaired) electrons. The number of pyridine rings is 1. The fourth-order valence-corrected chi connectivity index (χ4v) is 4.67. The van der Waals surface area contributed by atoms with Crippen molar-refractivity contribution in [2.45, 2.75) is 65.5 Å². The number of hydrogen-bond acceptors (Lipinski definition) is 4. The van der Waals surface area contributed by atoms with Crippen molar-refractivity contribution in [1.82, 2.24) is 9.88 Å². The lowest BCUT2D eigenvalue weighted by Crippen LogP contribution is -2.37. The lowest BCUT2D eigenvalue weighted by molar-refractivity contribution is -0.143. The van der Waals surface area contributed by atoms with Gasteiger partial charge in [0.25, 0.3) is 0 Å². The van der Waals surface area contributed by atoms with E-state index in [1.807, 2.05) is 6.92 Å². The highest BCUT2D eigenvalue weighted by Crippen LogP contribution is 2.37. The molecular weight excluding hydrogens is 604 g/mol. The largest absolute Gasteiger partial charge is 0.416 e. The van der Waals surface area contributed by atoms with E-state index in [-0.39, 0.29) is 24.1 Å². The lowest BCUT2D eigenvalue weighted by atomic mass is 10.00. The van der Waals surface area contributed by atoms with Crippen LogP contribution in [0.5, 0.6) is 0 Å². The highest BCUT2D eigenvalue weighted by atomic mass is 79.9. The van der Waals surface area contributed by atoms with Crippen LogP contribution in [0.3, 0.4) is 0 Å². The van der Waals surface area contributed by atoms with Crippen LogP contribution in [0.1, 0.15) is 62.3 Å². The third-order valence-electron chi connectivity index (χ3n) is 6.29. The molecule has 0 aliphatic carbocycles. The molecule has 2 aromatic rings. The quantitative estimate of drug-likeness (QED) is 0.0845. The van der Waals surface area contributed by atoms with Crippen LogP contribution in [-0.2, 0) is 25.4 Å². The van der Waals surface area contributed by atoms with E-state index < -0.39 is 30.0 Å². The maximum atomic E-state index is 13.5. The van der Waals surface area contributed by atoms with E-state index in [2.05, 4.69) is 55.1 Å². The molecule has 1 aromatic carbocycles. The van der Waals surface area contributed by atoms with E-state index in [0.717, 1.165) is 25.8 Å². The van der Waals surface area contributed by atoms with Gasteiger partial charge in [-0.05, 0) is 70.2 Å². The van der Waals surface area contributed by atoms with E-state index in [1.54, 1.807) is 12.3 Å². The summed E-state index contributed by atoms with van der Waals surface area (Å²) in [6.07, 6.45) is -5.29. The Kier molecular flexibility index (Phi) is 12.2. The van der Waals surface area contributed by atoms with Crippen molar-refractivity contribution in [3.63, 3.8) is 0 Å². The number of aromatic nitrogens is 1. The van der Waals surface area contributed by atoms with E-state index in [1.165, 1.54) is 11.9 Å². The van der Waals surface area contributed by atoms with Crippen LogP contribution in [0, 0.1) is 5.92 Å². The molecule has 7 nitrogen and oxygen atoms in total. The molecule has 0 amide bonds. The zero-order valence-corrected chi connectivity index (χ0v) is 24.4. The van der Waals surface area contributed by atoms with Gasteiger partial charge >= 0.3 is 12.4 Å². The van der Waals surface area contributed by atoms with Crippen LogP contribution >= 0.6 is 15.9 Å². The Balaban J connectivity index is 2.58. The maximum Gasteiger partial charge on any atom is 0.416 e. The van der Waals surface area contributed by atoms with Gasteiger partial charge < -0.3 is 15.5 Å². The second-order valence-corrected chi connectivity index (χ2v) is 10.2. The first-order chi connectivity index (χ1) is 18.7. The molecule has 0 spiro atoms. The zero-order chi connectivity index (χ0) is 30.1. The number of benzene rings is 1. The third-order valence-corrected chi connectivity index (χ3v) is 6.72. The SMILES string of the molecule is CCCC(CC)CN(CC)c1ncc(Br)cc1CN(Cc1cc(C(F)(F)F)cc(C(F)(F)F)c1)/C(N)=N/N=NC. The Morgan fingerprint density at radius 1 is 1.00 bits per heavy atom. The van der Waals surface area contributed by atoms with Gasteiger partial charge in [0, 0.05) is 42.4 Å². The van der Waals surface area contributed by atoms with Crippen molar-refractivity contribution in [3.8, 4) is 0 Å². The van der Waals surface area contributed by atoms with E-state index in [0.29, 0.717) is 40.4 Å². The Morgan fingerprint density at radius 2 is 1.62 bits per heavy atom. The normalized spacial score (nSPS) is 13.6. The minimum atomic E-state index is -4.98. The van der Waals surface area contributed by atoms with Gasteiger partial charge in [0.15, 0.2) is 0 Å². The first-order valence-corrected chi connectivity index (χ1v) is 13.6. The number of nitrogens with two attached hydrogens (primary N) is 1. The second kappa shape index (κ2) is 14.6. The summed E-state index contributed by atoms with van der Waals surface area (Å²) in [6.45, 7) is 7.17. The maximum absolute atomic E-state index is 13.5. The number of hydrogen-bond donors (Lipinski definition) is 1. The average molecular weight is 638 g/mol. The number of nitrogens with zero attached hydrogens (tertiary/aromatic N) is 6. The molecule has 1 atom stereocenters. The van der Waals surface area contributed by atoms with Gasteiger partial charge in [-0.2, -0.15) is 31.5 Å². The predicted molar refractivity (Wildman–Crippen MR) is 147 cm³/mol. The van der Waals surface area contributed by atoms with Crippen LogP contribution in [0.25, 0.3) is 0 Å². The summed E-state index contributed by atoms with van der Waals surface area (Å²) >= 11 is 3.41. The molecule has 0 saturated heterocycles. The Labute approximate surface area is 238 Å². The highest BCUT2D eigenvalue weighted by molar-refractivity contribution is 9.10. The second-order valence-electron chi connectivity index (χ2n) is 9.26. The van der Waals surface area contributed by atoms with Gasteiger partial charge in [0.1, 0.15) is 5.82 Å². The van der Waals surface area contributed by atoms with Crippen LogP contribution in [0.4, 0.5) is 32.2 Å². The average Bonchev–Trinajstić information content (AvgIpc) is 2.88. The monoisotopic (exact) mass is 637 g/mol. The molecule has 0 saturated carbocycles. The molecule has 0 bridgehead atoms. The smallest absolute Gasteiger partial charge is 0.368 e. The molecule has 1 unspecified atom stereocenters. The summed E-state index contributed by atoms with van der Waals surface area (Å²) in [4.78, 5) is 8.05. The fourth-order valence-electron chi connectivity index (χ4n) is 4.29. The van der Waals surface area contributed by atoms with Crippen LogP contribution in [0.15, 0.2) is 50.4 Å². The van der Waals surface area contributed by atoms with Crippen molar-refractivity contribution in [3.05, 3.63) is 57.2 Å². The molecule has 40 heavy (non-hydrogen) atoms. The number of alkyl halides is 6. The number of halogens is 7. The molecular formula is C26H34BrF6N7. The van der Waals surface area contributed by atoms with Crippen molar-refractivity contribution in [1.29, 1.82) is 0 Å². The summed E-state index contributed by atoms with van der Waals surface area (Å²) in [5, 5.41) is 10.8. The molecule has 0 fully saturated rings. The summed E-state index contributed by atoms with van der Waals surface area (Å²) in [7, 11) is 1.35. The van der Waals surface area contributed by atoms with Crippen LogP contribution in [-0.4, -0.2) is 36.0 Å². The fraction of sp³-hybridized carbons (Fsp3) is 0.538. The van der Waals surface area contributed by atoms with E-state index >= 15 is 0 Å². The Hall–Kier alpha value is -2.90. The predicted octanol–water partition coefficient (Wildman–Crippen LogP) is 7.85. The third kappa shape index (κ3) is 9.63. The number of anilines is 1. The lowest BCUT2D eigenvalue weighted by Gasteiger charge is -2.31. The van der Waals surface area contributed by atoms with Gasteiger partial charge in [-0.25, -0.2) is 4.98 Å². The van der Waals surface area contributed by atoms with Crippen molar-refractivity contribution < 1.29 is 26.3 Å². The van der Waals surface area contributed by atoms with Gasteiger partial charge in [0.2, 0.25) is 5.96 Å². The summed E-state index contributed by atoms with van der Waals surface area (Å²) in [5.74, 6) is 0.819. The van der Waals surface area contributed by atoms with Gasteiger partial charge in [-0.1, -0.05) is 31.8 Å². The molecule has 222 valence electrons. The number of rotatable bonds is 12. The molecule has 0 aliphatic rings. The minimum Gasteiger partial charge on any atom is -0.368 e. The molecule has 1 aromatic heterocycles. The molecule has 1 heterocycles. The summed E-state index contributed by atoms with van der Waals surface area (Å²) in [5.41, 5.74) is 3.69. The van der Waals surface area contributed by atoms with Crippen LogP contribution < -0.4 is 10.6 Å². The standard InChI is InChI=1S/C26H34BrF6N7/c1-5-8-17(6-2)14-39(7-3)23-19(11-22(27)13-36-23)16-40(24(34)37-38-35-4)15-18-9-20(25(28,29)30)12-21(10-18)26(31,32)33/h9-13,17H,5-8,14-16H2,1-4H3,(H2,34,35,37). The summed E-state index contributed by atoms with van der Waals surface area (Å²) < 4.78 is 81.5. The van der Waals surface area contributed by atoms with E-state index in [9.17, 15) is 26.3 Å². The van der Waals surface area contributed by atoms with Crippen molar-refractivity contribution >= 4 is 27.7 Å². The highest BCUT2D eigenvalue weighted by Gasteiger charge is 2.37. The van der Waals surface area contributed by atoms with Crippen molar-refractivity contribution in [2.75, 3.05) is 25.0 Å². The molecule has 0 aliphatic heterocycles. The molecule has 2 rings (SSSR count). The minimum absolute atomic E-state index is 0.0188. The van der Waals surface area contributed by atoms with Crippen molar-refractivity contribution in [2.24, 2.45) is 27.1 Å². The summed E-state index contributed by atoms with van der Waals surface area (Å²) in [6, 6.07) is 3.23. The first-order valence-electron chi connectivity index (χ1n) is 12.8. The van der Waals surface area contributed by atoms with Crippen LogP contribution in [0.2, 0.25) is 0 Å². The number of guanidine groups is 1. The van der Waals surface area contributed by atoms with Gasteiger partial charge in [-0.3, -0.25) is 0 Å². The van der Waals surface area contributed by atoms with Gasteiger partial charge in [-0.15, -0.1) is 0 Å². The molecule has 14 heteroatoms. The Morgan fingerprint density at radius 3 is 2.12 bits per heavy atom. The Bertz CT molecular complexity index is 1130. The zero-order valence-electron chi connectivity index (χ0n) is 22.8. The first kappa shape index (κ1) is 33.3. The molecule has 2 N–H and O–H groups in total. The topological polar surface area (TPSA) is 82.5 Å². The van der Waals surface area contributed by atoms with Gasteiger partial charge in [0.05, 0.1) is 18.2 Å². The van der Waals surface area contributed by atoms with E-state index in [4.69, 9.17) is 5.73 Å².